The molecule has 0 aliphatic carbocycles. The van der Waals surface area contributed by atoms with Crippen LogP contribution in [0.15, 0.2) is 33.8 Å². The molecule has 2 N–H and O–H groups in total. The second-order valence-electron chi connectivity index (χ2n) is 7.00. The van der Waals surface area contributed by atoms with Crippen molar-refractivity contribution in [1.82, 2.24) is 20.8 Å². The predicted octanol–water partition coefficient (Wildman–Crippen LogP) is 3.40. The van der Waals surface area contributed by atoms with Crippen molar-refractivity contribution in [2.45, 2.75) is 52.4 Å². The van der Waals surface area contributed by atoms with Crippen molar-refractivity contribution in [3.05, 3.63) is 47.1 Å². The number of hydrogen-bond donors (Lipinski definition) is 2. The molecule has 0 spiro atoms. The number of benzene rings is 1. The van der Waals surface area contributed by atoms with Gasteiger partial charge in [-0.1, -0.05) is 55.8 Å². The first-order valence-corrected chi connectivity index (χ1v) is 9.33. The van der Waals surface area contributed by atoms with Crippen molar-refractivity contribution in [3.63, 3.8) is 0 Å². The molecule has 0 amide bonds. The minimum absolute atomic E-state index is 0.295. The Bertz CT molecular complexity index is 708. The lowest BCUT2D eigenvalue weighted by Gasteiger charge is -2.16. The van der Waals surface area contributed by atoms with Crippen molar-refractivity contribution in [3.8, 4) is 0 Å². The predicted molar refractivity (Wildman–Crippen MR) is 106 cm³/mol. The van der Waals surface area contributed by atoms with Crippen molar-refractivity contribution >= 4 is 5.96 Å². The molecule has 1 aromatic carbocycles. The molecule has 0 saturated heterocycles. The maximum atomic E-state index is 5.26. The second-order valence-corrected chi connectivity index (χ2v) is 7.00. The summed E-state index contributed by atoms with van der Waals surface area (Å²) in [6.45, 7) is 10.1. The number of nitrogens with zero attached hydrogens (tertiary/aromatic N) is 3. The van der Waals surface area contributed by atoms with E-state index in [1.165, 1.54) is 11.1 Å². The summed E-state index contributed by atoms with van der Waals surface area (Å²) >= 11 is 0. The van der Waals surface area contributed by atoms with Gasteiger partial charge in [0.1, 0.15) is 0 Å². The van der Waals surface area contributed by atoms with Gasteiger partial charge < -0.3 is 15.2 Å². The highest BCUT2D eigenvalue weighted by molar-refractivity contribution is 5.79. The number of hydrogen-bond acceptors (Lipinski definition) is 4. The first-order valence-electron chi connectivity index (χ1n) is 9.33. The molecule has 142 valence electrons. The van der Waals surface area contributed by atoms with Crippen LogP contribution in [0.1, 0.15) is 61.9 Å². The Balaban J connectivity index is 1.70. The summed E-state index contributed by atoms with van der Waals surface area (Å²) < 4.78 is 5.26. The van der Waals surface area contributed by atoms with Gasteiger partial charge in [0.15, 0.2) is 11.8 Å². The summed E-state index contributed by atoms with van der Waals surface area (Å²) in [5, 5.41) is 10.7. The van der Waals surface area contributed by atoms with E-state index in [-0.39, 0.29) is 0 Å². The lowest BCUT2D eigenvalue weighted by Crippen LogP contribution is -2.39. The third-order valence-corrected chi connectivity index (χ3v) is 4.27. The molecule has 2 aromatic rings. The lowest BCUT2D eigenvalue weighted by molar-refractivity contribution is 0.368. The molecule has 1 unspecified atom stereocenters. The van der Waals surface area contributed by atoms with Gasteiger partial charge in [-0.2, -0.15) is 4.98 Å². The molecular weight excluding hydrogens is 326 g/mol. The first-order chi connectivity index (χ1) is 12.5. The monoisotopic (exact) mass is 357 g/mol. The van der Waals surface area contributed by atoms with E-state index < -0.39 is 0 Å². The Hall–Kier alpha value is -2.37. The molecule has 1 aromatic heterocycles. The Kier molecular flexibility index (Phi) is 7.63. The Labute approximate surface area is 156 Å². The Morgan fingerprint density at radius 1 is 1.23 bits per heavy atom. The van der Waals surface area contributed by atoms with E-state index in [4.69, 9.17) is 4.52 Å². The van der Waals surface area contributed by atoms with E-state index in [0.29, 0.717) is 17.7 Å². The average Bonchev–Trinajstić information content (AvgIpc) is 3.10. The van der Waals surface area contributed by atoms with Gasteiger partial charge in [0.2, 0.25) is 5.89 Å². The summed E-state index contributed by atoms with van der Waals surface area (Å²) in [6, 6.07) is 8.64. The van der Waals surface area contributed by atoms with E-state index in [2.05, 4.69) is 77.7 Å². The fraction of sp³-hybridized carbons (Fsp3) is 0.550. The van der Waals surface area contributed by atoms with Gasteiger partial charge in [-0.25, -0.2) is 0 Å². The Morgan fingerprint density at radius 3 is 2.69 bits per heavy atom. The molecule has 1 atom stereocenters. The summed E-state index contributed by atoms with van der Waals surface area (Å²) in [7, 11) is 1.79. The highest BCUT2D eigenvalue weighted by Gasteiger charge is 2.10. The van der Waals surface area contributed by atoms with Crippen LogP contribution in [0.2, 0.25) is 0 Å². The zero-order valence-corrected chi connectivity index (χ0v) is 16.5. The van der Waals surface area contributed by atoms with Crippen molar-refractivity contribution in [2.24, 2.45) is 4.99 Å². The smallest absolute Gasteiger partial charge is 0.226 e. The number of aliphatic imine (C=N–C) groups is 1. The van der Waals surface area contributed by atoms with Crippen LogP contribution in [-0.4, -0.2) is 36.2 Å². The molecular formula is C20H31N5O. The molecule has 6 heteroatoms. The largest absolute Gasteiger partial charge is 0.356 e. The van der Waals surface area contributed by atoms with Crippen molar-refractivity contribution in [2.75, 3.05) is 20.1 Å². The van der Waals surface area contributed by atoms with Crippen LogP contribution in [0.25, 0.3) is 0 Å². The van der Waals surface area contributed by atoms with Gasteiger partial charge in [0.25, 0.3) is 0 Å². The third-order valence-electron chi connectivity index (χ3n) is 4.27. The van der Waals surface area contributed by atoms with Crippen LogP contribution in [0.4, 0.5) is 0 Å². The van der Waals surface area contributed by atoms with Crippen LogP contribution in [0.5, 0.6) is 0 Å². The molecule has 26 heavy (non-hydrogen) atoms. The minimum Gasteiger partial charge on any atom is -0.356 e. The number of nitrogens with one attached hydrogen (secondary N) is 2. The zero-order valence-electron chi connectivity index (χ0n) is 16.5. The fourth-order valence-corrected chi connectivity index (χ4v) is 2.62. The van der Waals surface area contributed by atoms with E-state index in [1.807, 2.05) is 0 Å². The number of aromatic nitrogens is 2. The van der Waals surface area contributed by atoms with Crippen LogP contribution >= 0.6 is 0 Å². The first kappa shape index (κ1) is 19.9. The highest BCUT2D eigenvalue weighted by Crippen LogP contribution is 2.15. The van der Waals surface area contributed by atoms with E-state index in [0.717, 1.165) is 37.7 Å². The van der Waals surface area contributed by atoms with E-state index in [9.17, 15) is 0 Å². The molecule has 0 aliphatic rings. The standard InChI is InChI=1S/C20H31N5O/c1-14(2)19-24-18(26-25-19)10-7-11-22-20(21-5)23-13-16(4)17-9-6-8-15(3)12-17/h6,8-9,12,14,16H,7,10-11,13H2,1-5H3,(H2,21,22,23). The highest BCUT2D eigenvalue weighted by atomic mass is 16.5. The molecule has 0 radical (unpaired) electrons. The van der Waals surface area contributed by atoms with Crippen LogP contribution in [-0.2, 0) is 6.42 Å². The molecule has 2 rings (SSSR count). The topological polar surface area (TPSA) is 75.3 Å². The van der Waals surface area contributed by atoms with Crippen molar-refractivity contribution in [1.29, 1.82) is 0 Å². The molecule has 0 saturated carbocycles. The summed E-state index contributed by atoms with van der Waals surface area (Å²) in [5.41, 5.74) is 2.63. The van der Waals surface area contributed by atoms with Gasteiger partial charge >= 0.3 is 0 Å². The molecule has 0 bridgehead atoms. The summed E-state index contributed by atoms with van der Waals surface area (Å²) in [5.74, 6) is 3.00. The number of aryl methyl sites for hydroxylation is 2. The maximum absolute atomic E-state index is 5.26. The average molecular weight is 358 g/mol. The van der Waals surface area contributed by atoms with Gasteiger partial charge in [-0.3, -0.25) is 4.99 Å². The van der Waals surface area contributed by atoms with Gasteiger partial charge in [-0.15, -0.1) is 0 Å². The van der Waals surface area contributed by atoms with Gasteiger partial charge in [-0.05, 0) is 24.8 Å². The van der Waals surface area contributed by atoms with Crippen LogP contribution in [0, 0.1) is 6.92 Å². The van der Waals surface area contributed by atoms with E-state index in [1.54, 1.807) is 7.05 Å². The molecule has 0 aliphatic heterocycles. The Morgan fingerprint density at radius 2 is 2.04 bits per heavy atom. The molecule has 1 heterocycles. The maximum Gasteiger partial charge on any atom is 0.226 e. The quantitative estimate of drug-likeness (QED) is 0.430. The van der Waals surface area contributed by atoms with Gasteiger partial charge in [0, 0.05) is 32.5 Å². The van der Waals surface area contributed by atoms with Crippen LogP contribution < -0.4 is 10.6 Å². The van der Waals surface area contributed by atoms with Gasteiger partial charge in [0.05, 0.1) is 0 Å². The minimum atomic E-state index is 0.295. The summed E-state index contributed by atoms with van der Waals surface area (Å²) in [4.78, 5) is 8.68. The molecule has 6 nitrogen and oxygen atoms in total. The normalized spacial score (nSPS) is 13.1. The lowest BCUT2D eigenvalue weighted by atomic mass is 9.99. The second kappa shape index (κ2) is 9.94. The van der Waals surface area contributed by atoms with E-state index >= 15 is 0 Å². The SMILES string of the molecule is CN=C(NCCCc1nc(C(C)C)no1)NCC(C)c1cccc(C)c1. The fourth-order valence-electron chi connectivity index (χ4n) is 2.62. The number of rotatable bonds is 8. The van der Waals surface area contributed by atoms with Crippen LogP contribution in [0.3, 0.4) is 0 Å². The zero-order chi connectivity index (χ0) is 18.9. The number of guanidine groups is 1. The van der Waals surface area contributed by atoms with Crippen molar-refractivity contribution < 1.29 is 4.52 Å². The summed E-state index contributed by atoms with van der Waals surface area (Å²) in [6.07, 6.45) is 1.68. The third kappa shape index (κ3) is 6.17. The molecule has 0 fully saturated rings.